The number of fused-ring (bicyclic) bond motifs is 1. The van der Waals surface area contributed by atoms with Crippen molar-refractivity contribution in [2.75, 3.05) is 0 Å². The summed E-state index contributed by atoms with van der Waals surface area (Å²) in [5, 5.41) is 0.736. The van der Waals surface area contributed by atoms with Crippen LogP contribution in [0.3, 0.4) is 0 Å². The second-order valence-corrected chi connectivity index (χ2v) is 9.87. The monoisotopic (exact) mass is 477 g/mol. The number of benzene rings is 2. The fraction of sp³-hybridized carbons (Fsp3) is 0.304. The Hall–Kier alpha value is -2.68. The first-order chi connectivity index (χ1) is 15.0. The number of nitrogens with one attached hydrogen (secondary N) is 1. The number of rotatable bonds is 7. The van der Waals surface area contributed by atoms with Crippen LogP contribution in [0, 0.1) is 19.8 Å². The molecule has 1 N–H and O–H groups in total. The van der Waals surface area contributed by atoms with Gasteiger partial charge in [-0.05, 0) is 43.5 Å². The number of carbonyl (C=O) groups excluding carboxylic acids is 1. The maximum atomic E-state index is 13.0. The first-order valence-electron chi connectivity index (χ1n) is 10.1. The van der Waals surface area contributed by atoms with E-state index >= 15 is 0 Å². The third kappa shape index (κ3) is 5.20. The van der Waals surface area contributed by atoms with E-state index in [2.05, 4.69) is 4.72 Å². The van der Waals surface area contributed by atoms with Crippen LogP contribution in [-0.2, 0) is 14.8 Å². The molecule has 0 saturated heterocycles. The molecular formula is C23H24ClNO6S. The molecule has 1 aromatic heterocycles. The average Bonchev–Trinajstić information content (AvgIpc) is 2.73. The largest absolute Gasteiger partial charge is 0.424 e. The molecule has 2 aromatic carbocycles. The van der Waals surface area contributed by atoms with E-state index in [1.165, 1.54) is 30.3 Å². The fourth-order valence-electron chi connectivity index (χ4n) is 3.15. The molecule has 0 aliphatic carbocycles. The third-order valence-electron chi connectivity index (χ3n) is 5.29. The fourth-order valence-corrected chi connectivity index (χ4v) is 4.65. The van der Waals surface area contributed by atoms with E-state index < -0.39 is 27.7 Å². The van der Waals surface area contributed by atoms with Crippen molar-refractivity contribution in [3.63, 3.8) is 0 Å². The van der Waals surface area contributed by atoms with Gasteiger partial charge in [0, 0.05) is 17.5 Å². The van der Waals surface area contributed by atoms with Crippen molar-refractivity contribution in [3.8, 4) is 5.75 Å². The van der Waals surface area contributed by atoms with E-state index in [1.807, 2.05) is 13.8 Å². The van der Waals surface area contributed by atoms with Gasteiger partial charge in [0.15, 0.2) is 5.75 Å². The van der Waals surface area contributed by atoms with Gasteiger partial charge in [-0.2, -0.15) is 4.72 Å². The third-order valence-corrected chi connectivity index (χ3v) is 7.05. The number of halogens is 1. The van der Waals surface area contributed by atoms with Gasteiger partial charge in [-0.3, -0.25) is 0 Å². The van der Waals surface area contributed by atoms with E-state index in [9.17, 15) is 18.0 Å². The van der Waals surface area contributed by atoms with Crippen molar-refractivity contribution < 1.29 is 22.4 Å². The smallest absolute Gasteiger partial charge is 0.336 e. The molecule has 0 bridgehead atoms. The Morgan fingerprint density at radius 1 is 1.16 bits per heavy atom. The number of aryl methyl sites for hydroxylation is 2. The second kappa shape index (κ2) is 9.44. The first kappa shape index (κ1) is 24.0. The molecule has 0 aliphatic rings. The molecule has 9 heteroatoms. The quantitative estimate of drug-likeness (QED) is 0.308. The van der Waals surface area contributed by atoms with Crippen LogP contribution in [-0.4, -0.2) is 20.4 Å². The van der Waals surface area contributed by atoms with Gasteiger partial charge in [0.1, 0.15) is 11.6 Å². The van der Waals surface area contributed by atoms with Gasteiger partial charge >= 0.3 is 11.6 Å². The lowest BCUT2D eigenvalue weighted by atomic mass is 10.0. The minimum absolute atomic E-state index is 0.0271. The van der Waals surface area contributed by atoms with Crippen LogP contribution < -0.4 is 15.1 Å². The predicted molar refractivity (Wildman–Crippen MR) is 123 cm³/mol. The lowest BCUT2D eigenvalue weighted by Gasteiger charge is -2.23. The molecule has 170 valence electrons. The summed E-state index contributed by atoms with van der Waals surface area (Å²) >= 11 is 6.29. The summed E-state index contributed by atoms with van der Waals surface area (Å²) in [6, 6.07) is 9.37. The average molecular weight is 478 g/mol. The summed E-state index contributed by atoms with van der Waals surface area (Å²) in [4.78, 5) is 24.7. The highest BCUT2D eigenvalue weighted by Crippen LogP contribution is 2.31. The standard InChI is InChI=1S/C23H24ClNO6S/c1-5-14(3)22(25-32(28,29)16-8-6-13(2)7-9-16)23(27)31-20-12-19-17(11-18(20)24)15(4)10-21(26)30-19/h6-12,14,22,25H,5H2,1-4H3/t14-,22-/m1/s1. The van der Waals surface area contributed by atoms with Crippen molar-refractivity contribution in [1.29, 1.82) is 0 Å². The molecule has 0 saturated carbocycles. The second-order valence-electron chi connectivity index (χ2n) is 7.75. The molecule has 0 amide bonds. The number of esters is 1. The van der Waals surface area contributed by atoms with Gasteiger partial charge in [-0.15, -0.1) is 0 Å². The van der Waals surface area contributed by atoms with Crippen LogP contribution in [0.15, 0.2) is 56.6 Å². The van der Waals surface area contributed by atoms with Crippen LogP contribution in [0.4, 0.5) is 0 Å². The Morgan fingerprint density at radius 2 is 1.81 bits per heavy atom. The molecule has 0 radical (unpaired) electrons. The molecule has 0 aliphatic heterocycles. The van der Waals surface area contributed by atoms with Gasteiger partial charge < -0.3 is 9.15 Å². The van der Waals surface area contributed by atoms with Crippen molar-refractivity contribution in [1.82, 2.24) is 4.72 Å². The Labute approximate surface area is 191 Å². The van der Waals surface area contributed by atoms with Crippen molar-refractivity contribution >= 4 is 38.6 Å². The maximum Gasteiger partial charge on any atom is 0.336 e. The Kier molecular flexibility index (Phi) is 7.07. The number of ether oxygens (including phenoxy) is 1. The van der Waals surface area contributed by atoms with Crippen LogP contribution in [0.2, 0.25) is 5.02 Å². The summed E-state index contributed by atoms with van der Waals surface area (Å²) in [5.74, 6) is -1.20. The molecule has 2 atom stereocenters. The number of carbonyl (C=O) groups is 1. The summed E-state index contributed by atoms with van der Waals surface area (Å²) in [5.41, 5.74) is 1.24. The molecule has 0 spiro atoms. The van der Waals surface area contributed by atoms with Crippen LogP contribution in [0.5, 0.6) is 5.75 Å². The highest BCUT2D eigenvalue weighted by atomic mass is 35.5. The maximum absolute atomic E-state index is 13.0. The van der Waals surface area contributed by atoms with E-state index in [-0.39, 0.29) is 27.2 Å². The molecule has 3 aromatic rings. The van der Waals surface area contributed by atoms with Crippen LogP contribution in [0.25, 0.3) is 11.0 Å². The Balaban J connectivity index is 1.92. The zero-order valence-electron chi connectivity index (χ0n) is 18.1. The highest BCUT2D eigenvalue weighted by Gasteiger charge is 2.32. The Bertz CT molecular complexity index is 1310. The van der Waals surface area contributed by atoms with Gasteiger partial charge in [0.25, 0.3) is 0 Å². The number of hydrogen-bond acceptors (Lipinski definition) is 6. The van der Waals surface area contributed by atoms with Crippen LogP contribution >= 0.6 is 11.6 Å². The number of sulfonamides is 1. The van der Waals surface area contributed by atoms with E-state index in [1.54, 1.807) is 26.0 Å². The highest BCUT2D eigenvalue weighted by molar-refractivity contribution is 7.89. The van der Waals surface area contributed by atoms with E-state index in [4.69, 9.17) is 20.8 Å². The van der Waals surface area contributed by atoms with Crippen LogP contribution in [0.1, 0.15) is 31.4 Å². The molecule has 0 fully saturated rings. The zero-order chi connectivity index (χ0) is 23.6. The lowest BCUT2D eigenvalue weighted by molar-refractivity contribution is -0.137. The molecule has 0 unspecified atom stereocenters. The summed E-state index contributed by atoms with van der Waals surface area (Å²) in [6.45, 7) is 7.17. The summed E-state index contributed by atoms with van der Waals surface area (Å²) < 4.78 is 38.8. The molecular weight excluding hydrogens is 454 g/mol. The van der Waals surface area contributed by atoms with Crippen molar-refractivity contribution in [3.05, 3.63) is 69.0 Å². The van der Waals surface area contributed by atoms with Gasteiger partial charge in [0.2, 0.25) is 10.0 Å². The first-order valence-corrected chi connectivity index (χ1v) is 11.9. The lowest BCUT2D eigenvalue weighted by Crippen LogP contribution is -2.46. The molecule has 3 rings (SSSR count). The molecule has 1 heterocycles. The number of hydrogen-bond donors (Lipinski definition) is 1. The van der Waals surface area contributed by atoms with Gasteiger partial charge in [0.05, 0.1) is 9.92 Å². The molecule has 7 nitrogen and oxygen atoms in total. The van der Waals surface area contributed by atoms with E-state index in [0.29, 0.717) is 17.4 Å². The Morgan fingerprint density at radius 3 is 2.44 bits per heavy atom. The van der Waals surface area contributed by atoms with Gasteiger partial charge in [-0.25, -0.2) is 18.0 Å². The summed E-state index contributed by atoms with van der Waals surface area (Å²) in [6.07, 6.45) is 0.524. The minimum atomic E-state index is -3.97. The predicted octanol–water partition coefficient (Wildman–Crippen LogP) is 4.36. The SMILES string of the molecule is CC[C@@H](C)[C@@H](NS(=O)(=O)c1ccc(C)cc1)C(=O)Oc1cc2oc(=O)cc(C)c2cc1Cl. The normalized spacial score (nSPS) is 13.7. The van der Waals surface area contributed by atoms with Gasteiger partial charge in [-0.1, -0.05) is 49.6 Å². The zero-order valence-corrected chi connectivity index (χ0v) is 19.7. The van der Waals surface area contributed by atoms with Crippen molar-refractivity contribution in [2.45, 2.75) is 45.1 Å². The van der Waals surface area contributed by atoms with Crippen molar-refractivity contribution in [2.24, 2.45) is 5.92 Å². The minimum Gasteiger partial charge on any atom is -0.424 e. The topological polar surface area (TPSA) is 103 Å². The summed E-state index contributed by atoms with van der Waals surface area (Å²) in [7, 11) is -3.97. The molecule has 32 heavy (non-hydrogen) atoms. The van der Waals surface area contributed by atoms with E-state index in [0.717, 1.165) is 5.56 Å².